The molecule has 3 heterocycles. The number of fused-ring (bicyclic) bond motifs is 1. The molecule has 0 aromatic carbocycles. The number of morpholine rings is 1. The lowest BCUT2D eigenvalue weighted by Gasteiger charge is -2.53. The van der Waals surface area contributed by atoms with E-state index in [0.717, 1.165) is 58.4 Å². The van der Waals surface area contributed by atoms with Crippen molar-refractivity contribution in [1.82, 2.24) is 20.1 Å². The monoisotopic (exact) mass is 430 g/mol. The van der Waals surface area contributed by atoms with Gasteiger partial charge in [-0.1, -0.05) is 6.92 Å². The summed E-state index contributed by atoms with van der Waals surface area (Å²) in [5, 5.41) is 3.12. The summed E-state index contributed by atoms with van der Waals surface area (Å²) in [6, 6.07) is 3.70. The Balaban J connectivity index is 1.55. The molecule has 8 nitrogen and oxygen atoms in total. The van der Waals surface area contributed by atoms with Crippen molar-refractivity contribution in [2.45, 2.75) is 45.1 Å². The molecular weight excluding hydrogens is 396 g/mol. The van der Waals surface area contributed by atoms with E-state index in [9.17, 15) is 14.4 Å². The zero-order valence-corrected chi connectivity index (χ0v) is 18.4. The van der Waals surface area contributed by atoms with Crippen LogP contribution in [0.1, 0.15) is 49.4 Å². The number of carbonyl (C=O) groups excluding carboxylic acids is 2. The predicted molar refractivity (Wildman–Crippen MR) is 117 cm³/mol. The number of hydrogen-bond donors (Lipinski definition) is 2. The molecule has 1 aromatic heterocycles. The average Bonchev–Trinajstić information content (AvgIpc) is 2.82. The summed E-state index contributed by atoms with van der Waals surface area (Å²) < 4.78 is 5.51. The fourth-order valence-electron chi connectivity index (χ4n) is 5.63. The lowest BCUT2D eigenvalue weighted by atomic mass is 9.60. The number of nitrogens with one attached hydrogen (secondary N) is 2. The Bertz CT molecular complexity index is 850. The number of hydrogen-bond acceptors (Lipinski definition) is 5. The topological polar surface area (TPSA) is 94.7 Å². The minimum Gasteiger partial charge on any atom is -0.379 e. The fourth-order valence-corrected chi connectivity index (χ4v) is 5.63. The van der Waals surface area contributed by atoms with E-state index in [1.807, 2.05) is 6.92 Å². The number of nitrogens with zero attached hydrogens (tertiary/aromatic N) is 2. The second-order valence-corrected chi connectivity index (χ2v) is 9.11. The molecule has 2 aliphatic heterocycles. The third kappa shape index (κ3) is 4.41. The van der Waals surface area contributed by atoms with Crippen molar-refractivity contribution in [3.05, 3.63) is 34.2 Å². The van der Waals surface area contributed by atoms with Crippen LogP contribution in [0.3, 0.4) is 0 Å². The molecule has 0 spiro atoms. The second-order valence-electron chi connectivity index (χ2n) is 9.11. The molecule has 3 fully saturated rings. The number of carbonyl (C=O) groups is 2. The van der Waals surface area contributed by atoms with Gasteiger partial charge >= 0.3 is 0 Å². The molecule has 0 bridgehead atoms. The number of rotatable bonds is 5. The zero-order chi connectivity index (χ0) is 21.8. The van der Waals surface area contributed by atoms with Crippen molar-refractivity contribution >= 4 is 11.8 Å². The maximum atomic E-state index is 13.4. The lowest BCUT2D eigenvalue weighted by Crippen LogP contribution is -2.61. The Kier molecular flexibility index (Phi) is 6.77. The van der Waals surface area contributed by atoms with E-state index in [2.05, 4.69) is 15.2 Å². The van der Waals surface area contributed by atoms with Crippen LogP contribution in [0.25, 0.3) is 0 Å². The summed E-state index contributed by atoms with van der Waals surface area (Å²) in [5.74, 6) is 0.0292. The number of aromatic nitrogens is 1. The molecule has 4 rings (SSSR count). The molecule has 1 saturated carbocycles. The summed E-state index contributed by atoms with van der Waals surface area (Å²) in [6.45, 7) is 7.11. The molecule has 0 radical (unpaired) electrons. The Hall–Kier alpha value is -2.19. The first-order valence-electron chi connectivity index (χ1n) is 11.6. The molecule has 1 aromatic rings. The highest BCUT2D eigenvalue weighted by atomic mass is 16.5. The minimum atomic E-state index is -0.576. The quantitative estimate of drug-likeness (QED) is 0.733. The largest absolute Gasteiger partial charge is 0.379 e. The van der Waals surface area contributed by atoms with Crippen LogP contribution >= 0.6 is 0 Å². The molecule has 3 aliphatic rings. The zero-order valence-electron chi connectivity index (χ0n) is 18.4. The van der Waals surface area contributed by atoms with Gasteiger partial charge in [0.2, 0.25) is 5.91 Å². The molecule has 0 unspecified atom stereocenters. The Morgan fingerprint density at radius 2 is 2.06 bits per heavy atom. The van der Waals surface area contributed by atoms with Gasteiger partial charge in [0.25, 0.3) is 11.5 Å². The third-order valence-electron chi connectivity index (χ3n) is 7.37. The second kappa shape index (κ2) is 9.53. The summed E-state index contributed by atoms with van der Waals surface area (Å²) in [4.78, 5) is 45.5. The van der Waals surface area contributed by atoms with E-state index in [1.54, 1.807) is 17.0 Å². The smallest absolute Gasteiger partial charge is 0.260 e. The van der Waals surface area contributed by atoms with Crippen molar-refractivity contribution in [1.29, 1.82) is 0 Å². The van der Waals surface area contributed by atoms with Crippen LogP contribution < -0.4 is 10.9 Å². The van der Waals surface area contributed by atoms with Gasteiger partial charge in [0, 0.05) is 45.0 Å². The molecule has 1 aliphatic carbocycles. The van der Waals surface area contributed by atoms with Gasteiger partial charge < -0.3 is 19.9 Å². The van der Waals surface area contributed by atoms with Gasteiger partial charge in [0.05, 0.1) is 18.6 Å². The first kappa shape index (κ1) is 22.0. The third-order valence-corrected chi connectivity index (χ3v) is 7.37. The molecule has 8 heteroatoms. The van der Waals surface area contributed by atoms with Crippen molar-refractivity contribution in [3.8, 4) is 0 Å². The first-order chi connectivity index (χ1) is 15.0. The van der Waals surface area contributed by atoms with Gasteiger partial charge in [-0.25, -0.2) is 0 Å². The van der Waals surface area contributed by atoms with Crippen LogP contribution in [0.5, 0.6) is 0 Å². The number of piperidine rings is 1. The van der Waals surface area contributed by atoms with E-state index in [0.29, 0.717) is 25.7 Å². The predicted octanol–water partition coefficient (Wildman–Crippen LogP) is 1.23. The van der Waals surface area contributed by atoms with E-state index in [1.165, 1.54) is 6.20 Å². The van der Waals surface area contributed by atoms with E-state index < -0.39 is 5.41 Å². The van der Waals surface area contributed by atoms with Crippen LogP contribution in [0.15, 0.2) is 23.1 Å². The highest BCUT2D eigenvalue weighted by Gasteiger charge is 2.53. The standard InChI is InChI=1S/C23H34N4O4/c1-2-8-25-22(30)23-7-5-18(26-11-13-31-14-12-26)15-17(23)6-10-27(16-23)21(29)19-4-3-9-24-20(19)28/h3-4,9,17-18H,2,5-8,10-16H2,1H3,(H,24,28)(H,25,30)/t17-,18-,23-/m1/s1. The number of aromatic amines is 1. The Morgan fingerprint density at radius 3 is 2.81 bits per heavy atom. The summed E-state index contributed by atoms with van der Waals surface area (Å²) in [6.07, 6.45) is 5.89. The lowest BCUT2D eigenvalue weighted by molar-refractivity contribution is -0.143. The molecule has 2 saturated heterocycles. The van der Waals surface area contributed by atoms with Crippen molar-refractivity contribution in [2.75, 3.05) is 45.9 Å². The van der Waals surface area contributed by atoms with Crippen molar-refractivity contribution in [3.63, 3.8) is 0 Å². The average molecular weight is 431 g/mol. The molecule has 2 N–H and O–H groups in total. The normalized spacial score (nSPS) is 29.3. The maximum Gasteiger partial charge on any atom is 0.260 e. The van der Waals surface area contributed by atoms with Gasteiger partial charge in [-0.05, 0) is 50.2 Å². The van der Waals surface area contributed by atoms with E-state index >= 15 is 0 Å². The fraction of sp³-hybridized carbons (Fsp3) is 0.696. The van der Waals surface area contributed by atoms with Gasteiger partial charge in [-0.15, -0.1) is 0 Å². The number of H-pyrrole nitrogens is 1. The molecule has 31 heavy (non-hydrogen) atoms. The SMILES string of the molecule is CCCNC(=O)[C@@]12CC[C@@H](N3CCOCC3)C[C@H]1CCN(C(=O)c1ccc[nH]c1=O)C2. The summed E-state index contributed by atoms with van der Waals surface area (Å²) in [7, 11) is 0. The first-order valence-corrected chi connectivity index (χ1v) is 11.6. The summed E-state index contributed by atoms with van der Waals surface area (Å²) in [5.41, 5.74) is -0.810. The molecule has 2 amide bonds. The van der Waals surface area contributed by atoms with Crippen LogP contribution in [0.4, 0.5) is 0 Å². The van der Waals surface area contributed by atoms with Crippen molar-refractivity contribution in [2.24, 2.45) is 11.3 Å². The van der Waals surface area contributed by atoms with Crippen LogP contribution in [-0.2, 0) is 9.53 Å². The van der Waals surface area contributed by atoms with E-state index in [-0.39, 0.29) is 28.9 Å². The molecular formula is C23H34N4O4. The van der Waals surface area contributed by atoms with Crippen molar-refractivity contribution < 1.29 is 14.3 Å². The number of pyridine rings is 1. The van der Waals surface area contributed by atoms with Gasteiger partial charge in [-0.2, -0.15) is 0 Å². The number of ether oxygens (including phenoxy) is 1. The molecule has 170 valence electrons. The Morgan fingerprint density at radius 1 is 1.26 bits per heavy atom. The highest BCUT2D eigenvalue weighted by molar-refractivity contribution is 5.94. The maximum absolute atomic E-state index is 13.4. The van der Waals surface area contributed by atoms with E-state index in [4.69, 9.17) is 4.74 Å². The van der Waals surface area contributed by atoms with Gasteiger partial charge in [-0.3, -0.25) is 19.3 Å². The van der Waals surface area contributed by atoms with Gasteiger partial charge in [0.15, 0.2) is 0 Å². The van der Waals surface area contributed by atoms with Crippen LogP contribution in [-0.4, -0.2) is 78.6 Å². The number of amides is 2. The number of likely N-dealkylation sites (tertiary alicyclic amines) is 1. The summed E-state index contributed by atoms with van der Waals surface area (Å²) >= 11 is 0. The van der Waals surface area contributed by atoms with Crippen LogP contribution in [0.2, 0.25) is 0 Å². The van der Waals surface area contributed by atoms with Crippen LogP contribution in [0, 0.1) is 11.3 Å². The Labute approximate surface area is 183 Å². The highest BCUT2D eigenvalue weighted by Crippen LogP contribution is 2.48. The molecule has 3 atom stereocenters. The minimum absolute atomic E-state index is 0.0687. The van der Waals surface area contributed by atoms with Gasteiger partial charge in [0.1, 0.15) is 5.56 Å².